The summed E-state index contributed by atoms with van der Waals surface area (Å²) < 4.78 is 5.03. The van der Waals surface area contributed by atoms with Crippen molar-refractivity contribution in [1.29, 1.82) is 0 Å². The summed E-state index contributed by atoms with van der Waals surface area (Å²) in [5.41, 5.74) is 1.06. The van der Waals surface area contributed by atoms with Crippen molar-refractivity contribution in [2.24, 2.45) is 0 Å². The van der Waals surface area contributed by atoms with E-state index in [1.54, 1.807) is 31.2 Å². The smallest absolute Gasteiger partial charge is 0.340 e. The fourth-order valence-electron chi connectivity index (χ4n) is 3.05. The van der Waals surface area contributed by atoms with E-state index in [0.29, 0.717) is 22.8 Å². The lowest BCUT2D eigenvalue weighted by molar-refractivity contribution is 0.0527. The third-order valence-electron chi connectivity index (χ3n) is 4.46. The first-order chi connectivity index (χ1) is 13.2. The Kier molecular flexibility index (Phi) is 6.35. The van der Waals surface area contributed by atoms with Crippen LogP contribution in [-0.4, -0.2) is 41.5 Å². The Hall–Kier alpha value is -2.96. The van der Waals surface area contributed by atoms with Crippen LogP contribution in [0.2, 0.25) is 0 Å². The van der Waals surface area contributed by atoms with Crippen LogP contribution in [0.3, 0.4) is 0 Å². The summed E-state index contributed by atoms with van der Waals surface area (Å²) in [5.74, 6) is -0.185. The van der Waals surface area contributed by atoms with Gasteiger partial charge in [-0.2, -0.15) is 0 Å². The highest BCUT2D eigenvalue weighted by molar-refractivity contribution is 6.07. The van der Waals surface area contributed by atoms with E-state index >= 15 is 0 Å². The van der Waals surface area contributed by atoms with Crippen LogP contribution in [0.1, 0.15) is 53.3 Å². The van der Waals surface area contributed by atoms with Gasteiger partial charge >= 0.3 is 5.97 Å². The molecule has 3 rings (SSSR count). The van der Waals surface area contributed by atoms with E-state index in [0.717, 1.165) is 25.9 Å². The van der Waals surface area contributed by atoms with E-state index in [4.69, 9.17) is 4.74 Å². The Labute approximate surface area is 158 Å². The minimum atomic E-state index is -0.471. The molecule has 0 bridgehead atoms. The lowest BCUT2D eigenvalue weighted by Crippen LogP contribution is -2.26. The third kappa shape index (κ3) is 4.81. The molecule has 0 atom stereocenters. The van der Waals surface area contributed by atoms with Gasteiger partial charge in [-0.15, -0.1) is 0 Å². The number of aromatic nitrogens is 2. The number of carbonyl (C=O) groups is 2. The average Bonchev–Trinajstić information content (AvgIpc) is 2.98. The number of esters is 1. The number of amides is 1. The van der Waals surface area contributed by atoms with Crippen LogP contribution >= 0.6 is 0 Å². The number of carbonyl (C=O) groups excluding carboxylic acids is 2. The van der Waals surface area contributed by atoms with Crippen molar-refractivity contribution in [3.05, 3.63) is 47.8 Å². The molecule has 0 unspecified atom stereocenters. The SMILES string of the molecule is CCOC(=O)c1ccccc1NC(=O)c1cnc(N2CCCCCC2)nc1. The number of hydrogen-bond donors (Lipinski definition) is 1. The normalized spacial score (nSPS) is 14.3. The molecule has 2 heterocycles. The monoisotopic (exact) mass is 368 g/mol. The Morgan fingerprint density at radius 2 is 1.74 bits per heavy atom. The molecule has 27 heavy (non-hydrogen) atoms. The molecule has 0 aliphatic carbocycles. The van der Waals surface area contributed by atoms with Crippen molar-refractivity contribution in [1.82, 2.24) is 9.97 Å². The lowest BCUT2D eigenvalue weighted by atomic mass is 10.1. The molecule has 142 valence electrons. The number of nitrogens with zero attached hydrogens (tertiary/aromatic N) is 3. The maximum absolute atomic E-state index is 12.5. The molecule has 0 radical (unpaired) electrons. The number of rotatable bonds is 5. The van der Waals surface area contributed by atoms with Crippen LogP contribution in [0.25, 0.3) is 0 Å². The zero-order valence-corrected chi connectivity index (χ0v) is 15.5. The van der Waals surface area contributed by atoms with Gasteiger partial charge in [-0.25, -0.2) is 14.8 Å². The van der Waals surface area contributed by atoms with Crippen LogP contribution in [-0.2, 0) is 4.74 Å². The summed E-state index contributed by atoms with van der Waals surface area (Å²) in [6.45, 7) is 3.89. The highest BCUT2D eigenvalue weighted by Crippen LogP contribution is 2.18. The second-order valence-corrected chi connectivity index (χ2v) is 6.39. The summed E-state index contributed by atoms with van der Waals surface area (Å²) in [6, 6.07) is 6.75. The van der Waals surface area contributed by atoms with Crippen LogP contribution in [0.5, 0.6) is 0 Å². The largest absolute Gasteiger partial charge is 0.462 e. The fraction of sp³-hybridized carbons (Fsp3) is 0.400. The minimum absolute atomic E-state index is 0.271. The van der Waals surface area contributed by atoms with Gasteiger partial charge in [0.1, 0.15) is 0 Å². The van der Waals surface area contributed by atoms with Crippen molar-refractivity contribution in [2.45, 2.75) is 32.6 Å². The number of para-hydroxylation sites is 1. The number of anilines is 2. The third-order valence-corrected chi connectivity index (χ3v) is 4.46. The van der Waals surface area contributed by atoms with Crippen molar-refractivity contribution >= 4 is 23.5 Å². The first-order valence-corrected chi connectivity index (χ1v) is 9.33. The maximum atomic E-state index is 12.5. The molecule has 1 aromatic carbocycles. The van der Waals surface area contributed by atoms with Gasteiger partial charge in [0.15, 0.2) is 0 Å². The van der Waals surface area contributed by atoms with Gasteiger partial charge in [-0.05, 0) is 31.9 Å². The summed E-state index contributed by atoms with van der Waals surface area (Å²) in [5, 5.41) is 2.74. The molecule has 0 spiro atoms. The predicted octanol–water partition coefficient (Wildman–Crippen LogP) is 3.29. The second-order valence-electron chi connectivity index (χ2n) is 6.39. The molecule has 1 amide bonds. The van der Waals surface area contributed by atoms with Gasteiger partial charge < -0.3 is 15.0 Å². The van der Waals surface area contributed by atoms with E-state index in [2.05, 4.69) is 20.2 Å². The number of hydrogen-bond acceptors (Lipinski definition) is 6. The van der Waals surface area contributed by atoms with Crippen molar-refractivity contribution in [3.8, 4) is 0 Å². The standard InChI is InChI=1S/C20H24N4O3/c1-2-27-19(26)16-9-5-6-10-17(16)23-18(25)15-13-21-20(22-14-15)24-11-7-3-4-8-12-24/h5-6,9-10,13-14H,2-4,7-8,11-12H2,1H3,(H,23,25). The first-order valence-electron chi connectivity index (χ1n) is 9.33. The highest BCUT2D eigenvalue weighted by Gasteiger charge is 2.17. The van der Waals surface area contributed by atoms with Crippen molar-refractivity contribution < 1.29 is 14.3 Å². The van der Waals surface area contributed by atoms with Gasteiger partial charge in [0, 0.05) is 25.5 Å². The van der Waals surface area contributed by atoms with Gasteiger partial charge in [0.2, 0.25) is 5.95 Å². The first kappa shape index (κ1) is 18.8. The molecule has 1 N–H and O–H groups in total. The van der Waals surface area contributed by atoms with Crippen molar-refractivity contribution in [2.75, 3.05) is 29.9 Å². The molecule has 1 fully saturated rings. The Morgan fingerprint density at radius 1 is 1.07 bits per heavy atom. The molecule has 0 saturated carbocycles. The molecule has 1 saturated heterocycles. The average molecular weight is 368 g/mol. The van der Waals surface area contributed by atoms with Crippen molar-refractivity contribution in [3.63, 3.8) is 0 Å². The Bertz CT molecular complexity index is 784. The summed E-state index contributed by atoms with van der Waals surface area (Å²) >= 11 is 0. The number of benzene rings is 1. The predicted molar refractivity (Wildman–Crippen MR) is 103 cm³/mol. The molecule has 1 aromatic heterocycles. The number of nitrogens with one attached hydrogen (secondary N) is 1. The number of ether oxygens (including phenoxy) is 1. The summed E-state index contributed by atoms with van der Waals surface area (Å²) in [7, 11) is 0. The molecule has 2 aromatic rings. The zero-order chi connectivity index (χ0) is 19.1. The van der Waals surface area contributed by atoms with Gasteiger partial charge in [0.05, 0.1) is 23.4 Å². The van der Waals surface area contributed by atoms with E-state index in [1.165, 1.54) is 25.2 Å². The fourth-order valence-corrected chi connectivity index (χ4v) is 3.05. The molecule has 1 aliphatic heterocycles. The molecular weight excluding hydrogens is 344 g/mol. The summed E-state index contributed by atoms with van der Waals surface area (Å²) in [6.07, 6.45) is 7.78. The van der Waals surface area contributed by atoms with Crippen LogP contribution < -0.4 is 10.2 Å². The van der Waals surface area contributed by atoms with Crippen LogP contribution in [0, 0.1) is 0 Å². The van der Waals surface area contributed by atoms with Crippen LogP contribution in [0.15, 0.2) is 36.7 Å². The van der Waals surface area contributed by atoms with Crippen LogP contribution in [0.4, 0.5) is 11.6 Å². The Balaban J connectivity index is 1.71. The van der Waals surface area contributed by atoms with E-state index in [1.807, 2.05) is 0 Å². The lowest BCUT2D eigenvalue weighted by Gasteiger charge is -2.19. The van der Waals surface area contributed by atoms with E-state index < -0.39 is 5.97 Å². The van der Waals surface area contributed by atoms with Gasteiger partial charge in [-0.1, -0.05) is 25.0 Å². The molecule has 7 heteroatoms. The quantitative estimate of drug-likeness (QED) is 0.815. The molecular formula is C20H24N4O3. The van der Waals surface area contributed by atoms with Gasteiger partial charge in [0.25, 0.3) is 5.91 Å². The minimum Gasteiger partial charge on any atom is -0.462 e. The Morgan fingerprint density at radius 3 is 2.41 bits per heavy atom. The maximum Gasteiger partial charge on any atom is 0.340 e. The molecule has 1 aliphatic rings. The second kappa shape index (κ2) is 9.12. The molecule has 7 nitrogen and oxygen atoms in total. The summed E-state index contributed by atoms with van der Waals surface area (Å²) in [4.78, 5) is 35.4. The van der Waals surface area contributed by atoms with E-state index in [9.17, 15) is 9.59 Å². The van der Waals surface area contributed by atoms with Gasteiger partial charge in [-0.3, -0.25) is 4.79 Å². The topological polar surface area (TPSA) is 84.4 Å². The highest BCUT2D eigenvalue weighted by atomic mass is 16.5. The van der Waals surface area contributed by atoms with E-state index in [-0.39, 0.29) is 12.5 Å². The zero-order valence-electron chi connectivity index (χ0n) is 15.5.